The minimum Gasteiger partial charge on any atom is -0.481 e. The fourth-order valence-electron chi connectivity index (χ4n) is 3.83. The van der Waals surface area contributed by atoms with Gasteiger partial charge in [0.25, 0.3) is 5.91 Å². The molecule has 1 aromatic carbocycles. The highest BCUT2D eigenvalue weighted by Gasteiger charge is 2.33. The Morgan fingerprint density at radius 1 is 0.889 bits per heavy atom. The highest BCUT2D eigenvalue weighted by Crippen LogP contribution is 2.27. The van der Waals surface area contributed by atoms with Gasteiger partial charge in [-0.15, -0.1) is 0 Å². The third-order valence-electron chi connectivity index (χ3n) is 5.44. The lowest BCUT2D eigenvalue weighted by Gasteiger charge is -2.24. The number of aliphatic carboxylic acids is 1. The van der Waals surface area contributed by atoms with Gasteiger partial charge in [-0.1, -0.05) is 31.4 Å². The molecule has 3 N–H and O–H groups in total. The van der Waals surface area contributed by atoms with Gasteiger partial charge >= 0.3 is 5.97 Å². The van der Waals surface area contributed by atoms with E-state index in [-0.39, 0.29) is 17.9 Å². The molecule has 6 nitrogen and oxygen atoms in total. The zero-order chi connectivity index (χ0) is 19.2. The van der Waals surface area contributed by atoms with Crippen molar-refractivity contribution >= 4 is 23.5 Å². The van der Waals surface area contributed by atoms with Crippen LogP contribution in [0.1, 0.15) is 55.3 Å². The molecular formula is C21H26N2O4. The average molecular weight is 370 g/mol. The van der Waals surface area contributed by atoms with Crippen LogP contribution in [0.2, 0.25) is 0 Å². The summed E-state index contributed by atoms with van der Waals surface area (Å²) in [6, 6.07) is 6.98. The molecule has 0 aromatic heterocycles. The van der Waals surface area contributed by atoms with Gasteiger partial charge in [0.05, 0.1) is 11.8 Å². The molecule has 1 saturated carbocycles. The lowest BCUT2D eigenvalue weighted by Crippen LogP contribution is -2.36. The lowest BCUT2D eigenvalue weighted by molar-refractivity contribution is -0.146. The van der Waals surface area contributed by atoms with E-state index in [0.717, 1.165) is 25.7 Å². The maximum Gasteiger partial charge on any atom is 0.307 e. The third-order valence-corrected chi connectivity index (χ3v) is 5.44. The summed E-state index contributed by atoms with van der Waals surface area (Å²) in [6.07, 6.45) is 10.1. The molecule has 2 amide bonds. The minimum atomic E-state index is -0.950. The van der Waals surface area contributed by atoms with E-state index in [9.17, 15) is 19.5 Å². The normalized spacial score (nSPS) is 22.8. The van der Waals surface area contributed by atoms with Gasteiger partial charge in [0.1, 0.15) is 0 Å². The van der Waals surface area contributed by atoms with Crippen LogP contribution in [0.4, 0.5) is 5.69 Å². The van der Waals surface area contributed by atoms with Crippen molar-refractivity contribution in [2.75, 3.05) is 5.32 Å². The number of anilines is 1. The van der Waals surface area contributed by atoms with Crippen LogP contribution in [0.15, 0.2) is 36.4 Å². The van der Waals surface area contributed by atoms with Gasteiger partial charge in [-0.2, -0.15) is 0 Å². The van der Waals surface area contributed by atoms with Crippen LogP contribution in [0.25, 0.3) is 0 Å². The number of nitrogens with one attached hydrogen (secondary N) is 2. The number of carbonyl (C=O) groups excluding carboxylic acids is 2. The molecule has 144 valence electrons. The molecule has 2 aliphatic carbocycles. The van der Waals surface area contributed by atoms with Crippen molar-refractivity contribution in [2.24, 2.45) is 11.8 Å². The zero-order valence-corrected chi connectivity index (χ0v) is 15.3. The number of carboxylic acids is 1. The van der Waals surface area contributed by atoms with E-state index in [1.165, 1.54) is 6.42 Å². The van der Waals surface area contributed by atoms with Crippen molar-refractivity contribution in [2.45, 2.75) is 51.0 Å². The maximum absolute atomic E-state index is 12.5. The molecule has 0 saturated heterocycles. The van der Waals surface area contributed by atoms with Crippen molar-refractivity contribution in [1.29, 1.82) is 0 Å². The minimum absolute atomic E-state index is 0.0943. The summed E-state index contributed by atoms with van der Waals surface area (Å²) in [5.41, 5.74) is 1.12. The molecule has 2 atom stereocenters. The Bertz CT molecular complexity index is 720. The second kappa shape index (κ2) is 8.84. The summed E-state index contributed by atoms with van der Waals surface area (Å²) in [4.78, 5) is 36.2. The van der Waals surface area contributed by atoms with Crippen LogP contribution in [0.3, 0.4) is 0 Å². The molecule has 6 heteroatoms. The number of benzene rings is 1. The van der Waals surface area contributed by atoms with Crippen molar-refractivity contribution in [3.8, 4) is 0 Å². The monoisotopic (exact) mass is 370 g/mol. The van der Waals surface area contributed by atoms with Crippen molar-refractivity contribution in [3.05, 3.63) is 42.0 Å². The number of amides is 2. The molecule has 0 unspecified atom stereocenters. The Morgan fingerprint density at radius 3 is 2.15 bits per heavy atom. The summed E-state index contributed by atoms with van der Waals surface area (Å²) in [7, 11) is 0. The number of carbonyl (C=O) groups is 3. The van der Waals surface area contributed by atoms with E-state index in [2.05, 4.69) is 10.6 Å². The summed E-state index contributed by atoms with van der Waals surface area (Å²) in [5, 5.41) is 15.1. The van der Waals surface area contributed by atoms with E-state index in [1.54, 1.807) is 24.3 Å². The first-order chi connectivity index (χ1) is 13.0. The summed E-state index contributed by atoms with van der Waals surface area (Å²) < 4.78 is 0. The predicted molar refractivity (Wildman–Crippen MR) is 102 cm³/mol. The largest absolute Gasteiger partial charge is 0.481 e. The van der Waals surface area contributed by atoms with Gasteiger partial charge in [-0.05, 0) is 49.9 Å². The smallest absolute Gasteiger partial charge is 0.307 e. The molecule has 0 heterocycles. The van der Waals surface area contributed by atoms with Gasteiger partial charge in [-0.3, -0.25) is 14.4 Å². The first kappa shape index (κ1) is 19.1. The molecule has 0 radical (unpaired) electrons. The second-order valence-corrected chi connectivity index (χ2v) is 7.37. The quantitative estimate of drug-likeness (QED) is 0.693. The van der Waals surface area contributed by atoms with Crippen LogP contribution in [0.5, 0.6) is 0 Å². The average Bonchev–Trinajstić information content (AvgIpc) is 2.69. The van der Waals surface area contributed by atoms with Gasteiger partial charge in [0.2, 0.25) is 5.91 Å². The summed E-state index contributed by atoms with van der Waals surface area (Å²) in [6.45, 7) is 0. The molecule has 2 aliphatic rings. The number of rotatable bonds is 5. The standard InChI is InChI=1S/C21H26N2O4/c24-19(22-15-6-2-1-3-7-15)14-10-12-16(13-11-14)23-20(25)17-8-4-5-9-18(17)21(26)27/h4-5,10-13,15,17-18H,1-3,6-9H2,(H,22,24)(H,23,25)(H,26,27)/t17-,18-/m0/s1. The molecule has 1 fully saturated rings. The van der Waals surface area contributed by atoms with E-state index in [0.29, 0.717) is 24.1 Å². The Labute approximate surface area is 159 Å². The Morgan fingerprint density at radius 2 is 1.52 bits per heavy atom. The SMILES string of the molecule is O=C(NC1CCCCC1)c1ccc(NC(=O)[C@H]2CC=CC[C@@H]2C(=O)O)cc1. The second-order valence-electron chi connectivity index (χ2n) is 7.37. The van der Waals surface area contributed by atoms with Crippen LogP contribution >= 0.6 is 0 Å². The fourth-order valence-corrected chi connectivity index (χ4v) is 3.83. The van der Waals surface area contributed by atoms with Crippen LogP contribution < -0.4 is 10.6 Å². The van der Waals surface area contributed by atoms with E-state index >= 15 is 0 Å². The first-order valence-electron chi connectivity index (χ1n) is 9.64. The molecule has 0 bridgehead atoms. The van der Waals surface area contributed by atoms with E-state index < -0.39 is 17.8 Å². The Hall–Kier alpha value is -2.63. The van der Waals surface area contributed by atoms with Gasteiger partial charge in [0.15, 0.2) is 0 Å². The maximum atomic E-state index is 12.5. The summed E-state index contributed by atoms with van der Waals surface area (Å²) >= 11 is 0. The molecule has 0 aliphatic heterocycles. The Kier molecular flexibility index (Phi) is 6.27. The van der Waals surface area contributed by atoms with Crippen molar-refractivity contribution < 1.29 is 19.5 Å². The molecular weight excluding hydrogens is 344 g/mol. The Balaban J connectivity index is 1.58. The van der Waals surface area contributed by atoms with Crippen LogP contribution in [-0.2, 0) is 9.59 Å². The highest BCUT2D eigenvalue weighted by atomic mass is 16.4. The fraction of sp³-hybridized carbons (Fsp3) is 0.476. The summed E-state index contributed by atoms with van der Waals surface area (Å²) in [5.74, 6) is -2.62. The highest BCUT2D eigenvalue weighted by molar-refractivity contribution is 5.97. The molecule has 0 spiro atoms. The van der Waals surface area contributed by atoms with Crippen LogP contribution in [-0.4, -0.2) is 28.9 Å². The van der Waals surface area contributed by atoms with Gasteiger partial charge < -0.3 is 15.7 Å². The topological polar surface area (TPSA) is 95.5 Å². The van der Waals surface area contributed by atoms with Gasteiger partial charge in [-0.25, -0.2) is 0 Å². The van der Waals surface area contributed by atoms with Crippen LogP contribution in [0, 0.1) is 11.8 Å². The number of hydrogen-bond donors (Lipinski definition) is 3. The zero-order valence-electron chi connectivity index (χ0n) is 15.3. The molecule has 1 aromatic rings. The van der Waals surface area contributed by atoms with E-state index in [1.807, 2.05) is 12.2 Å². The molecule has 27 heavy (non-hydrogen) atoms. The van der Waals surface area contributed by atoms with E-state index in [4.69, 9.17) is 0 Å². The predicted octanol–water partition coefficient (Wildman–Crippen LogP) is 3.35. The molecule has 3 rings (SSSR count). The lowest BCUT2D eigenvalue weighted by atomic mass is 9.82. The number of hydrogen-bond acceptors (Lipinski definition) is 3. The van der Waals surface area contributed by atoms with Crippen molar-refractivity contribution in [3.63, 3.8) is 0 Å². The third kappa shape index (κ3) is 4.96. The number of carboxylic acid groups (broad SMARTS) is 1. The van der Waals surface area contributed by atoms with Crippen molar-refractivity contribution in [1.82, 2.24) is 5.32 Å². The van der Waals surface area contributed by atoms with Gasteiger partial charge in [0, 0.05) is 17.3 Å². The first-order valence-corrected chi connectivity index (χ1v) is 9.64. The number of allylic oxidation sites excluding steroid dienone is 2.